The molecule has 0 bridgehead atoms. The van der Waals surface area contributed by atoms with E-state index in [0.717, 1.165) is 24.2 Å². The molecule has 1 N–H and O–H groups in total. The van der Waals surface area contributed by atoms with Crippen LogP contribution in [0.1, 0.15) is 30.1 Å². The lowest BCUT2D eigenvalue weighted by atomic mass is 10.1. The molecule has 1 aliphatic rings. The molecule has 0 saturated heterocycles. The molecule has 0 unspecified atom stereocenters. The highest BCUT2D eigenvalue weighted by Gasteiger charge is 2.26. The number of amides is 1. The third-order valence-corrected chi connectivity index (χ3v) is 4.22. The molecule has 1 fully saturated rings. The molecular formula is C21H18FN3O2. The number of carbonyl (C=O) groups excluding carboxylic acids is 1. The first-order chi connectivity index (χ1) is 13.2. The van der Waals surface area contributed by atoms with Crippen LogP contribution in [0.3, 0.4) is 0 Å². The summed E-state index contributed by atoms with van der Waals surface area (Å²) in [5, 5.41) is 2.82. The van der Waals surface area contributed by atoms with E-state index < -0.39 is 0 Å². The van der Waals surface area contributed by atoms with Crippen LogP contribution in [0.25, 0.3) is 0 Å². The Labute approximate surface area is 156 Å². The van der Waals surface area contributed by atoms with Gasteiger partial charge in [0.15, 0.2) is 0 Å². The van der Waals surface area contributed by atoms with E-state index in [1.165, 1.54) is 12.1 Å². The summed E-state index contributed by atoms with van der Waals surface area (Å²) in [6, 6.07) is 14.7. The number of hydrogen-bond donors (Lipinski definition) is 1. The van der Waals surface area contributed by atoms with Crippen LogP contribution in [-0.4, -0.2) is 15.9 Å². The van der Waals surface area contributed by atoms with Crippen molar-refractivity contribution in [1.29, 1.82) is 0 Å². The lowest BCUT2D eigenvalue weighted by Gasteiger charge is -2.08. The summed E-state index contributed by atoms with van der Waals surface area (Å²) >= 11 is 0. The maximum Gasteiger partial charge on any atom is 0.229 e. The fourth-order valence-electron chi connectivity index (χ4n) is 2.67. The van der Waals surface area contributed by atoms with Crippen LogP contribution in [-0.2, 0) is 11.2 Å². The van der Waals surface area contributed by atoms with Crippen LogP contribution in [0.4, 0.5) is 10.2 Å². The van der Waals surface area contributed by atoms with Gasteiger partial charge in [-0.1, -0.05) is 12.1 Å². The summed E-state index contributed by atoms with van der Waals surface area (Å²) in [5.41, 5.74) is 0.857. The number of anilines is 1. The third kappa shape index (κ3) is 4.67. The SMILES string of the molecule is O=C(Cc1ccc(Oc2ccc(F)cc2)cc1)Nc1ccnc(C2CC2)n1. The molecule has 5 nitrogen and oxygen atoms in total. The molecule has 1 saturated carbocycles. The second-order valence-electron chi connectivity index (χ2n) is 6.50. The molecular weight excluding hydrogens is 345 g/mol. The summed E-state index contributed by atoms with van der Waals surface area (Å²) in [6.07, 6.45) is 4.14. The molecule has 1 amide bonds. The molecule has 1 aliphatic carbocycles. The van der Waals surface area contributed by atoms with E-state index in [0.29, 0.717) is 23.2 Å². The molecule has 0 radical (unpaired) electrons. The first kappa shape index (κ1) is 17.1. The van der Waals surface area contributed by atoms with Crippen molar-refractivity contribution in [3.63, 3.8) is 0 Å². The van der Waals surface area contributed by atoms with Crippen LogP contribution in [0.2, 0.25) is 0 Å². The van der Waals surface area contributed by atoms with Gasteiger partial charge < -0.3 is 10.1 Å². The molecule has 4 rings (SSSR count). The Morgan fingerprint density at radius 2 is 1.70 bits per heavy atom. The smallest absolute Gasteiger partial charge is 0.229 e. The molecule has 3 aromatic rings. The maximum absolute atomic E-state index is 12.9. The Morgan fingerprint density at radius 1 is 1.04 bits per heavy atom. The summed E-state index contributed by atoms with van der Waals surface area (Å²) in [7, 11) is 0. The van der Waals surface area contributed by atoms with Gasteiger partial charge in [0, 0.05) is 12.1 Å². The molecule has 136 valence electrons. The normalized spacial score (nSPS) is 13.2. The van der Waals surface area contributed by atoms with E-state index in [1.807, 2.05) is 12.1 Å². The Kier molecular flexibility index (Phi) is 4.78. The molecule has 2 aromatic carbocycles. The lowest BCUT2D eigenvalue weighted by Crippen LogP contribution is -2.15. The Bertz CT molecular complexity index is 938. The highest BCUT2D eigenvalue weighted by Crippen LogP contribution is 2.38. The minimum Gasteiger partial charge on any atom is -0.457 e. The van der Waals surface area contributed by atoms with Crippen molar-refractivity contribution < 1.29 is 13.9 Å². The van der Waals surface area contributed by atoms with Crippen LogP contribution in [0.15, 0.2) is 60.8 Å². The average molecular weight is 363 g/mol. The van der Waals surface area contributed by atoms with Crippen LogP contribution < -0.4 is 10.1 Å². The minimum atomic E-state index is -0.309. The predicted octanol–water partition coefficient (Wildman–Crippen LogP) is 4.47. The number of aromatic nitrogens is 2. The Morgan fingerprint density at radius 3 is 2.37 bits per heavy atom. The van der Waals surface area contributed by atoms with Crippen LogP contribution >= 0.6 is 0 Å². The summed E-state index contributed by atoms with van der Waals surface area (Å²) in [6.45, 7) is 0. The predicted molar refractivity (Wildman–Crippen MR) is 99.3 cm³/mol. The van der Waals surface area contributed by atoms with Gasteiger partial charge in [-0.05, 0) is 60.9 Å². The maximum atomic E-state index is 12.9. The molecule has 0 atom stereocenters. The summed E-state index contributed by atoms with van der Waals surface area (Å²) < 4.78 is 18.6. The van der Waals surface area contributed by atoms with Crippen molar-refractivity contribution in [3.8, 4) is 11.5 Å². The fraction of sp³-hybridized carbons (Fsp3) is 0.190. The van der Waals surface area contributed by atoms with Gasteiger partial charge in [0.05, 0.1) is 6.42 Å². The van der Waals surface area contributed by atoms with E-state index in [1.54, 1.807) is 36.5 Å². The van der Waals surface area contributed by atoms with Crippen LogP contribution in [0.5, 0.6) is 11.5 Å². The largest absolute Gasteiger partial charge is 0.457 e. The van der Waals surface area contributed by atoms with Gasteiger partial charge in [-0.3, -0.25) is 4.79 Å². The average Bonchev–Trinajstić information content (AvgIpc) is 3.51. The van der Waals surface area contributed by atoms with Gasteiger partial charge in [-0.25, -0.2) is 14.4 Å². The molecule has 27 heavy (non-hydrogen) atoms. The van der Waals surface area contributed by atoms with Gasteiger partial charge in [-0.2, -0.15) is 0 Å². The number of hydrogen-bond acceptors (Lipinski definition) is 4. The number of carbonyl (C=O) groups is 1. The number of rotatable bonds is 6. The molecule has 0 spiro atoms. The Hall–Kier alpha value is -3.28. The third-order valence-electron chi connectivity index (χ3n) is 4.22. The Balaban J connectivity index is 1.34. The highest BCUT2D eigenvalue weighted by atomic mass is 19.1. The van der Waals surface area contributed by atoms with Crippen molar-refractivity contribution in [2.24, 2.45) is 0 Å². The van der Waals surface area contributed by atoms with E-state index in [9.17, 15) is 9.18 Å². The first-order valence-corrected chi connectivity index (χ1v) is 8.81. The van der Waals surface area contributed by atoms with Gasteiger partial charge in [0.2, 0.25) is 5.91 Å². The monoisotopic (exact) mass is 363 g/mol. The van der Waals surface area contributed by atoms with E-state index in [2.05, 4.69) is 15.3 Å². The molecule has 6 heteroatoms. The quantitative estimate of drug-likeness (QED) is 0.702. The second kappa shape index (κ2) is 7.53. The molecule has 1 aromatic heterocycles. The van der Waals surface area contributed by atoms with Gasteiger partial charge in [-0.15, -0.1) is 0 Å². The van der Waals surface area contributed by atoms with Crippen LogP contribution in [0, 0.1) is 5.82 Å². The standard InChI is InChI=1S/C21H18FN3O2/c22-16-5-9-18(10-6-16)27-17-7-1-14(2-8-17)13-20(26)24-19-11-12-23-21(25-19)15-3-4-15/h1-2,5-12,15H,3-4,13H2,(H,23,24,25,26). The second-order valence-corrected chi connectivity index (χ2v) is 6.50. The van der Waals surface area contributed by atoms with Gasteiger partial charge in [0.25, 0.3) is 0 Å². The van der Waals surface area contributed by atoms with Crippen molar-refractivity contribution in [1.82, 2.24) is 9.97 Å². The minimum absolute atomic E-state index is 0.136. The molecule has 1 heterocycles. The fourth-order valence-corrected chi connectivity index (χ4v) is 2.67. The lowest BCUT2D eigenvalue weighted by molar-refractivity contribution is -0.115. The highest BCUT2D eigenvalue weighted by molar-refractivity contribution is 5.91. The van der Waals surface area contributed by atoms with E-state index >= 15 is 0 Å². The summed E-state index contributed by atoms with van der Waals surface area (Å²) in [4.78, 5) is 20.9. The first-order valence-electron chi connectivity index (χ1n) is 8.81. The van der Waals surface area contributed by atoms with Crippen molar-refractivity contribution in [3.05, 3.63) is 78.0 Å². The van der Waals surface area contributed by atoms with Gasteiger partial charge in [0.1, 0.15) is 29.0 Å². The zero-order valence-corrected chi connectivity index (χ0v) is 14.6. The number of ether oxygens (including phenoxy) is 1. The van der Waals surface area contributed by atoms with E-state index in [4.69, 9.17) is 4.74 Å². The number of halogens is 1. The zero-order chi connectivity index (χ0) is 18.6. The van der Waals surface area contributed by atoms with E-state index in [-0.39, 0.29) is 18.1 Å². The number of nitrogens with zero attached hydrogens (tertiary/aromatic N) is 2. The zero-order valence-electron chi connectivity index (χ0n) is 14.6. The number of nitrogens with one attached hydrogen (secondary N) is 1. The van der Waals surface area contributed by atoms with Gasteiger partial charge >= 0.3 is 0 Å². The topological polar surface area (TPSA) is 64.1 Å². The number of benzene rings is 2. The van der Waals surface area contributed by atoms with Crippen molar-refractivity contribution >= 4 is 11.7 Å². The van der Waals surface area contributed by atoms with Crippen molar-refractivity contribution in [2.45, 2.75) is 25.2 Å². The van der Waals surface area contributed by atoms with Crippen molar-refractivity contribution in [2.75, 3.05) is 5.32 Å². The summed E-state index contributed by atoms with van der Waals surface area (Å²) in [5.74, 6) is 2.51. The molecule has 0 aliphatic heterocycles.